The molecule has 0 bridgehead atoms. The van der Waals surface area contributed by atoms with Crippen LogP contribution in [-0.2, 0) is 19.1 Å². The summed E-state index contributed by atoms with van der Waals surface area (Å²) < 4.78 is 42.9. The first-order valence-electron chi connectivity index (χ1n) is 9.09. The minimum atomic E-state index is -4.41. The molecule has 0 saturated heterocycles. The van der Waals surface area contributed by atoms with Crippen molar-refractivity contribution in [3.05, 3.63) is 45.9 Å². The molecule has 2 rings (SSSR count). The van der Waals surface area contributed by atoms with Crippen LogP contribution in [0.2, 0.25) is 0 Å². The predicted octanol–water partition coefficient (Wildman–Crippen LogP) is 4.87. The van der Waals surface area contributed by atoms with Gasteiger partial charge in [-0.1, -0.05) is 12.1 Å². The molecule has 10 heteroatoms. The van der Waals surface area contributed by atoms with E-state index in [1.807, 2.05) is 19.1 Å². The normalized spacial score (nSPS) is 11.7. The second-order valence-electron chi connectivity index (χ2n) is 6.05. The lowest BCUT2D eigenvalue weighted by Gasteiger charge is -2.11. The Morgan fingerprint density at radius 1 is 1.17 bits per heavy atom. The third-order valence-corrected chi connectivity index (χ3v) is 4.74. The van der Waals surface area contributed by atoms with Crippen molar-refractivity contribution < 1.29 is 17.9 Å². The van der Waals surface area contributed by atoms with Gasteiger partial charge >= 0.3 is 6.18 Å². The highest BCUT2D eigenvalue weighted by Gasteiger charge is 2.33. The number of aromatic nitrogens is 1. The summed E-state index contributed by atoms with van der Waals surface area (Å²) in [7, 11) is 1.65. The van der Waals surface area contributed by atoms with Gasteiger partial charge in [-0.05, 0) is 43.9 Å². The van der Waals surface area contributed by atoms with E-state index in [0.717, 1.165) is 48.3 Å². The summed E-state index contributed by atoms with van der Waals surface area (Å²) in [5, 5.41) is 7.65. The first-order valence-corrected chi connectivity index (χ1v) is 9.97. The molecule has 0 aliphatic heterocycles. The number of nitrogens with one attached hydrogen (secondary N) is 2. The molecular formula is C19H26F3IN4OS. The second-order valence-corrected chi connectivity index (χ2v) is 6.99. The Hall–Kier alpha value is -1.56. The fourth-order valence-electron chi connectivity index (χ4n) is 2.46. The van der Waals surface area contributed by atoms with Crippen molar-refractivity contribution in [2.24, 2.45) is 4.99 Å². The SMILES string of the molecule is CCNC(=NCc1nc(C(F)(F)F)cs1)NCCCCc1ccc(OC)cc1.I. The molecule has 0 aliphatic carbocycles. The van der Waals surface area contributed by atoms with Gasteiger partial charge in [0.05, 0.1) is 13.7 Å². The van der Waals surface area contributed by atoms with Gasteiger partial charge in [-0.25, -0.2) is 9.98 Å². The molecular weight excluding hydrogens is 516 g/mol. The third kappa shape index (κ3) is 9.20. The van der Waals surface area contributed by atoms with E-state index in [1.54, 1.807) is 7.11 Å². The Morgan fingerprint density at radius 2 is 1.90 bits per heavy atom. The zero-order chi connectivity index (χ0) is 20.4. The lowest BCUT2D eigenvalue weighted by Crippen LogP contribution is -2.37. The van der Waals surface area contributed by atoms with E-state index >= 15 is 0 Å². The number of ether oxygens (including phenoxy) is 1. The second kappa shape index (κ2) is 12.9. The molecule has 0 aliphatic rings. The highest BCUT2D eigenvalue weighted by atomic mass is 127. The summed E-state index contributed by atoms with van der Waals surface area (Å²) in [4.78, 5) is 7.91. The minimum absolute atomic E-state index is 0. The van der Waals surface area contributed by atoms with Crippen molar-refractivity contribution in [1.29, 1.82) is 0 Å². The summed E-state index contributed by atoms with van der Waals surface area (Å²) >= 11 is 0.966. The van der Waals surface area contributed by atoms with Crippen LogP contribution < -0.4 is 15.4 Å². The number of methoxy groups -OCH3 is 1. The number of hydrogen-bond donors (Lipinski definition) is 2. The third-order valence-electron chi connectivity index (χ3n) is 3.90. The van der Waals surface area contributed by atoms with Crippen molar-refractivity contribution in [2.45, 2.75) is 38.9 Å². The first kappa shape index (κ1) is 25.5. The van der Waals surface area contributed by atoms with Gasteiger partial charge in [-0.3, -0.25) is 0 Å². The molecule has 29 heavy (non-hydrogen) atoms. The smallest absolute Gasteiger partial charge is 0.434 e. The number of rotatable bonds is 9. The zero-order valence-electron chi connectivity index (χ0n) is 16.4. The van der Waals surface area contributed by atoms with Crippen molar-refractivity contribution in [3.8, 4) is 5.75 Å². The van der Waals surface area contributed by atoms with E-state index in [4.69, 9.17) is 4.74 Å². The highest BCUT2D eigenvalue weighted by Crippen LogP contribution is 2.30. The summed E-state index contributed by atoms with van der Waals surface area (Å²) in [5.74, 6) is 1.43. The van der Waals surface area contributed by atoms with Crippen LogP contribution in [0.25, 0.3) is 0 Å². The molecule has 5 nitrogen and oxygen atoms in total. The lowest BCUT2D eigenvalue weighted by molar-refractivity contribution is -0.140. The van der Waals surface area contributed by atoms with Gasteiger partial charge < -0.3 is 15.4 Å². The maximum Gasteiger partial charge on any atom is 0.434 e. The lowest BCUT2D eigenvalue weighted by atomic mass is 10.1. The molecule has 1 aromatic heterocycles. The van der Waals surface area contributed by atoms with Crippen molar-refractivity contribution >= 4 is 41.3 Å². The summed E-state index contributed by atoms with van der Waals surface area (Å²) in [6, 6.07) is 8.01. The molecule has 0 spiro atoms. The molecule has 2 N–H and O–H groups in total. The molecule has 1 heterocycles. The number of thiazole rings is 1. The van der Waals surface area contributed by atoms with Crippen molar-refractivity contribution in [1.82, 2.24) is 15.6 Å². The molecule has 0 fully saturated rings. The molecule has 1 aromatic carbocycles. The van der Waals surface area contributed by atoms with Crippen LogP contribution >= 0.6 is 35.3 Å². The Morgan fingerprint density at radius 3 is 2.48 bits per heavy atom. The summed E-state index contributed by atoms with van der Waals surface area (Å²) in [6.07, 6.45) is -1.48. The standard InChI is InChI=1S/C19H25F3N4OS.HI/c1-3-23-18(25-12-17-26-16(13-28-17)19(20,21)22)24-11-5-4-6-14-7-9-15(27-2)10-8-14;/h7-10,13H,3-6,11-12H2,1-2H3,(H2,23,24,25);1H. The van der Waals surface area contributed by atoms with Gasteiger partial charge in [0, 0.05) is 18.5 Å². The quantitative estimate of drug-likeness (QED) is 0.206. The number of alkyl halides is 3. The average molecular weight is 542 g/mol. The number of hydrogen-bond acceptors (Lipinski definition) is 4. The summed E-state index contributed by atoms with van der Waals surface area (Å²) in [6.45, 7) is 3.45. The number of unbranched alkanes of at least 4 members (excludes halogenated alkanes) is 1. The van der Waals surface area contributed by atoms with E-state index < -0.39 is 11.9 Å². The molecule has 0 saturated carbocycles. The zero-order valence-corrected chi connectivity index (χ0v) is 19.5. The number of nitrogens with zero attached hydrogens (tertiary/aromatic N) is 2. The van der Waals surface area contributed by atoms with E-state index in [9.17, 15) is 13.2 Å². The van der Waals surface area contributed by atoms with Crippen LogP contribution in [-0.4, -0.2) is 31.1 Å². The van der Waals surface area contributed by atoms with Crippen LogP contribution in [0.1, 0.15) is 36.0 Å². The van der Waals surface area contributed by atoms with Crippen LogP contribution in [0.15, 0.2) is 34.6 Å². The largest absolute Gasteiger partial charge is 0.497 e. The topological polar surface area (TPSA) is 58.5 Å². The number of aliphatic imine (C=N–C) groups is 1. The molecule has 0 amide bonds. The van der Waals surface area contributed by atoms with Crippen LogP contribution in [0.4, 0.5) is 13.2 Å². The molecule has 2 aromatic rings. The average Bonchev–Trinajstić information content (AvgIpc) is 3.16. The molecule has 162 valence electrons. The van der Waals surface area contributed by atoms with Gasteiger partial charge in [0.2, 0.25) is 0 Å². The monoisotopic (exact) mass is 542 g/mol. The van der Waals surface area contributed by atoms with Crippen LogP contribution in [0.3, 0.4) is 0 Å². The fourth-order valence-corrected chi connectivity index (χ4v) is 3.18. The number of aryl methyl sites for hydroxylation is 1. The van der Waals surface area contributed by atoms with Gasteiger partial charge in [0.15, 0.2) is 11.7 Å². The Labute approximate surface area is 190 Å². The van der Waals surface area contributed by atoms with E-state index in [1.165, 1.54) is 5.56 Å². The maximum atomic E-state index is 12.6. The predicted molar refractivity (Wildman–Crippen MR) is 121 cm³/mol. The fraction of sp³-hybridized carbons (Fsp3) is 0.474. The summed E-state index contributed by atoms with van der Waals surface area (Å²) in [5.41, 5.74) is 0.393. The number of benzene rings is 1. The van der Waals surface area contributed by atoms with E-state index in [2.05, 4.69) is 32.7 Å². The molecule has 0 unspecified atom stereocenters. The number of guanidine groups is 1. The first-order chi connectivity index (χ1) is 13.4. The number of halogens is 4. The minimum Gasteiger partial charge on any atom is -0.497 e. The Kier molecular flexibility index (Phi) is 11.3. The van der Waals surface area contributed by atoms with Crippen molar-refractivity contribution in [2.75, 3.05) is 20.2 Å². The molecule has 0 radical (unpaired) electrons. The van der Waals surface area contributed by atoms with Gasteiger partial charge in [-0.2, -0.15) is 13.2 Å². The Bertz CT molecular complexity index is 751. The van der Waals surface area contributed by atoms with Gasteiger partial charge in [0.25, 0.3) is 0 Å². The molecule has 0 atom stereocenters. The Balaban J connectivity index is 0.00000420. The van der Waals surface area contributed by atoms with E-state index in [0.29, 0.717) is 17.5 Å². The van der Waals surface area contributed by atoms with E-state index in [-0.39, 0.29) is 30.5 Å². The van der Waals surface area contributed by atoms with Crippen LogP contribution in [0, 0.1) is 0 Å². The van der Waals surface area contributed by atoms with Gasteiger partial charge in [0.1, 0.15) is 10.8 Å². The van der Waals surface area contributed by atoms with Crippen LogP contribution in [0.5, 0.6) is 5.75 Å². The van der Waals surface area contributed by atoms with Crippen molar-refractivity contribution in [3.63, 3.8) is 0 Å². The van der Waals surface area contributed by atoms with Gasteiger partial charge in [-0.15, -0.1) is 35.3 Å². The highest BCUT2D eigenvalue weighted by molar-refractivity contribution is 14.0. The maximum absolute atomic E-state index is 12.6.